The fourth-order valence-corrected chi connectivity index (χ4v) is 1.99. The highest BCUT2D eigenvalue weighted by Crippen LogP contribution is 2.29. The highest BCUT2D eigenvalue weighted by molar-refractivity contribution is 6.06. The minimum atomic E-state index is -1.07. The molecule has 20 heavy (non-hydrogen) atoms. The maximum absolute atomic E-state index is 11.8. The Hall–Kier alpha value is -2.57. The second-order valence-corrected chi connectivity index (χ2v) is 4.34. The number of rotatable bonds is 4. The molecule has 1 aromatic rings. The van der Waals surface area contributed by atoms with Crippen LogP contribution in [0.4, 0.5) is 10.5 Å². The van der Waals surface area contributed by atoms with Crippen molar-refractivity contribution in [3.63, 3.8) is 0 Å². The lowest BCUT2D eigenvalue weighted by Gasteiger charge is -2.28. The van der Waals surface area contributed by atoms with Gasteiger partial charge in [-0.2, -0.15) is 0 Å². The first-order chi connectivity index (χ1) is 9.49. The fraction of sp³-hybridized carbons (Fsp3) is 0.308. The molecule has 1 fully saturated rings. The summed E-state index contributed by atoms with van der Waals surface area (Å²) in [6, 6.07) is 4.54. The molecule has 1 heterocycles. The summed E-state index contributed by atoms with van der Waals surface area (Å²) < 4.78 is 5.16. The Labute approximate surface area is 115 Å². The smallest absolute Gasteiger partial charge is 0.341 e. The Balaban J connectivity index is 2.24. The van der Waals surface area contributed by atoms with E-state index in [1.165, 1.54) is 4.90 Å². The van der Waals surface area contributed by atoms with E-state index >= 15 is 0 Å². The van der Waals surface area contributed by atoms with Crippen LogP contribution in [0.2, 0.25) is 0 Å². The fourth-order valence-electron chi connectivity index (χ4n) is 1.99. The molecular formula is C13H14N2O5. The van der Waals surface area contributed by atoms with Gasteiger partial charge in [0, 0.05) is 18.5 Å². The minimum Gasteiger partial charge on any atom is -0.482 e. The van der Waals surface area contributed by atoms with Gasteiger partial charge in [-0.1, -0.05) is 6.07 Å². The summed E-state index contributed by atoms with van der Waals surface area (Å²) in [6.45, 7) is 1.57. The molecule has 3 amide bonds. The lowest BCUT2D eigenvalue weighted by molar-refractivity contribution is -0.139. The van der Waals surface area contributed by atoms with Gasteiger partial charge in [-0.25, -0.2) is 9.59 Å². The summed E-state index contributed by atoms with van der Waals surface area (Å²) in [7, 11) is 0. The van der Waals surface area contributed by atoms with Crippen LogP contribution in [-0.4, -0.2) is 36.2 Å². The van der Waals surface area contributed by atoms with E-state index in [2.05, 4.69) is 5.32 Å². The summed E-state index contributed by atoms with van der Waals surface area (Å²) in [5.41, 5.74) is 1.25. The number of anilines is 1. The number of amides is 3. The number of hydrogen-bond donors (Lipinski definition) is 2. The summed E-state index contributed by atoms with van der Waals surface area (Å²) in [6.07, 6.45) is 0.228. The number of imide groups is 1. The van der Waals surface area contributed by atoms with Crippen LogP contribution in [0.25, 0.3) is 0 Å². The van der Waals surface area contributed by atoms with Crippen molar-refractivity contribution in [1.29, 1.82) is 0 Å². The van der Waals surface area contributed by atoms with E-state index in [0.717, 1.165) is 0 Å². The third kappa shape index (κ3) is 2.87. The van der Waals surface area contributed by atoms with Gasteiger partial charge in [-0.3, -0.25) is 15.0 Å². The summed E-state index contributed by atoms with van der Waals surface area (Å²) in [4.78, 5) is 34.9. The Bertz CT molecular complexity index is 570. The van der Waals surface area contributed by atoms with Crippen LogP contribution in [0.1, 0.15) is 12.0 Å². The predicted molar refractivity (Wildman–Crippen MR) is 69.8 cm³/mol. The molecule has 0 unspecified atom stereocenters. The highest BCUT2D eigenvalue weighted by Gasteiger charge is 2.26. The molecule has 0 radical (unpaired) electrons. The lowest BCUT2D eigenvalue weighted by Crippen LogP contribution is -2.49. The van der Waals surface area contributed by atoms with Crippen molar-refractivity contribution in [3.8, 4) is 5.75 Å². The zero-order valence-electron chi connectivity index (χ0n) is 10.9. The predicted octanol–water partition coefficient (Wildman–Crippen LogP) is 0.905. The van der Waals surface area contributed by atoms with Crippen LogP contribution < -0.4 is 15.0 Å². The molecule has 106 valence electrons. The lowest BCUT2D eigenvalue weighted by atomic mass is 10.1. The summed E-state index contributed by atoms with van der Waals surface area (Å²) in [5.74, 6) is -0.979. The number of benzene rings is 1. The number of carbonyl (C=O) groups excluding carboxylic acids is 2. The van der Waals surface area contributed by atoms with E-state index in [4.69, 9.17) is 9.84 Å². The first-order valence-corrected chi connectivity index (χ1v) is 6.04. The van der Waals surface area contributed by atoms with Crippen molar-refractivity contribution >= 4 is 23.6 Å². The Morgan fingerprint density at radius 2 is 2.20 bits per heavy atom. The molecule has 2 N–H and O–H groups in total. The second kappa shape index (κ2) is 5.60. The Morgan fingerprint density at radius 3 is 2.85 bits per heavy atom. The Kier molecular flexibility index (Phi) is 3.88. The van der Waals surface area contributed by atoms with E-state index in [1.54, 1.807) is 25.1 Å². The molecule has 0 spiro atoms. The molecule has 7 heteroatoms. The minimum absolute atomic E-state index is 0.228. The number of ether oxygens (including phenoxy) is 1. The van der Waals surface area contributed by atoms with Gasteiger partial charge >= 0.3 is 12.0 Å². The van der Waals surface area contributed by atoms with Crippen LogP contribution in [0.5, 0.6) is 5.75 Å². The van der Waals surface area contributed by atoms with E-state index in [0.29, 0.717) is 17.0 Å². The SMILES string of the molecule is Cc1c(OCC(=O)O)cccc1N1CCC(=O)NC1=O. The van der Waals surface area contributed by atoms with Crippen molar-refractivity contribution in [1.82, 2.24) is 5.32 Å². The standard InChI is InChI=1S/C13H14N2O5/c1-8-9(15-6-5-11(16)14-13(15)19)3-2-4-10(8)20-7-12(17)18/h2-4H,5-7H2,1H3,(H,17,18)(H,14,16,19). The Morgan fingerprint density at radius 1 is 1.45 bits per heavy atom. The number of carboxylic acid groups (broad SMARTS) is 1. The largest absolute Gasteiger partial charge is 0.482 e. The second-order valence-electron chi connectivity index (χ2n) is 4.34. The third-order valence-electron chi connectivity index (χ3n) is 2.95. The molecule has 0 bridgehead atoms. The summed E-state index contributed by atoms with van der Waals surface area (Å²) in [5, 5.41) is 10.9. The number of nitrogens with zero attached hydrogens (tertiary/aromatic N) is 1. The van der Waals surface area contributed by atoms with E-state index in [9.17, 15) is 14.4 Å². The van der Waals surface area contributed by atoms with Gasteiger partial charge in [0.1, 0.15) is 5.75 Å². The number of nitrogens with one attached hydrogen (secondary N) is 1. The molecule has 0 aromatic heterocycles. The van der Waals surface area contributed by atoms with Crippen LogP contribution >= 0.6 is 0 Å². The molecule has 0 saturated carbocycles. The van der Waals surface area contributed by atoms with E-state index < -0.39 is 18.6 Å². The van der Waals surface area contributed by atoms with Gasteiger partial charge in [-0.15, -0.1) is 0 Å². The molecule has 1 aliphatic rings. The molecule has 1 saturated heterocycles. The van der Waals surface area contributed by atoms with E-state index in [1.807, 2.05) is 0 Å². The van der Waals surface area contributed by atoms with Crippen LogP contribution in [0, 0.1) is 6.92 Å². The van der Waals surface area contributed by atoms with E-state index in [-0.39, 0.29) is 18.9 Å². The number of aliphatic carboxylic acids is 1. The zero-order chi connectivity index (χ0) is 14.7. The number of carbonyl (C=O) groups is 3. The van der Waals surface area contributed by atoms with Crippen molar-refractivity contribution in [2.24, 2.45) is 0 Å². The zero-order valence-corrected chi connectivity index (χ0v) is 10.9. The molecule has 7 nitrogen and oxygen atoms in total. The van der Waals surface area contributed by atoms with Gasteiger partial charge in [-0.05, 0) is 19.1 Å². The van der Waals surface area contributed by atoms with Crippen LogP contribution in [-0.2, 0) is 9.59 Å². The van der Waals surface area contributed by atoms with Crippen molar-refractivity contribution in [2.45, 2.75) is 13.3 Å². The normalized spacial score (nSPS) is 14.9. The molecular weight excluding hydrogens is 264 g/mol. The number of urea groups is 1. The maximum atomic E-state index is 11.8. The van der Waals surface area contributed by atoms with Crippen molar-refractivity contribution in [3.05, 3.63) is 23.8 Å². The quantitative estimate of drug-likeness (QED) is 0.853. The average molecular weight is 278 g/mol. The van der Waals surface area contributed by atoms with Gasteiger partial charge in [0.15, 0.2) is 6.61 Å². The topological polar surface area (TPSA) is 95.9 Å². The van der Waals surface area contributed by atoms with Crippen molar-refractivity contribution < 1.29 is 24.2 Å². The van der Waals surface area contributed by atoms with Gasteiger partial charge in [0.05, 0.1) is 5.69 Å². The average Bonchev–Trinajstić information content (AvgIpc) is 2.38. The monoisotopic (exact) mass is 278 g/mol. The first kappa shape index (κ1) is 13.9. The number of carboxylic acids is 1. The van der Waals surface area contributed by atoms with Gasteiger partial charge in [0.2, 0.25) is 5.91 Å². The molecule has 2 rings (SSSR count). The molecule has 1 aliphatic heterocycles. The highest BCUT2D eigenvalue weighted by atomic mass is 16.5. The van der Waals surface area contributed by atoms with Gasteiger partial charge < -0.3 is 9.84 Å². The third-order valence-corrected chi connectivity index (χ3v) is 2.95. The van der Waals surface area contributed by atoms with Crippen molar-refractivity contribution in [2.75, 3.05) is 18.1 Å². The molecule has 0 atom stereocenters. The summed E-state index contributed by atoms with van der Waals surface area (Å²) >= 11 is 0. The molecule has 0 aliphatic carbocycles. The van der Waals surface area contributed by atoms with Crippen LogP contribution in [0.3, 0.4) is 0 Å². The first-order valence-electron chi connectivity index (χ1n) is 6.04. The maximum Gasteiger partial charge on any atom is 0.341 e. The van der Waals surface area contributed by atoms with Gasteiger partial charge in [0.25, 0.3) is 0 Å². The van der Waals surface area contributed by atoms with Crippen LogP contribution in [0.15, 0.2) is 18.2 Å². The molecule has 1 aromatic carbocycles. The number of hydrogen-bond acceptors (Lipinski definition) is 4.